The van der Waals surface area contributed by atoms with Crippen molar-refractivity contribution in [3.8, 4) is 0 Å². The first-order valence-electron chi connectivity index (χ1n) is 4.65. The van der Waals surface area contributed by atoms with Crippen LogP contribution in [-0.4, -0.2) is 59.7 Å². The Morgan fingerprint density at radius 2 is 2.00 bits per heavy atom. The topological polar surface area (TPSA) is 60.8 Å². The Morgan fingerprint density at radius 1 is 1.50 bits per heavy atom. The summed E-state index contributed by atoms with van der Waals surface area (Å²) in [4.78, 5) is 11.3. The maximum atomic E-state index is 12.2. The Kier molecular flexibility index (Phi) is 3.54. The lowest BCUT2D eigenvalue weighted by Crippen LogP contribution is -2.51. The SMILES string of the molecule is [B][C@H]1[C@@H](C)[C@H](O)[C@@H](CO)N1C(=O)C(F)(F)F. The van der Waals surface area contributed by atoms with E-state index >= 15 is 0 Å². The molecule has 2 N–H and O–H groups in total. The average molecular weight is 237 g/mol. The molecule has 16 heavy (non-hydrogen) atoms. The molecule has 0 unspecified atom stereocenters. The van der Waals surface area contributed by atoms with Crippen molar-refractivity contribution in [1.29, 1.82) is 0 Å². The Morgan fingerprint density at radius 3 is 2.38 bits per heavy atom. The van der Waals surface area contributed by atoms with Crippen LogP contribution in [0.2, 0.25) is 0 Å². The number of halogens is 3. The highest BCUT2D eigenvalue weighted by molar-refractivity contribution is 6.13. The lowest BCUT2D eigenvalue weighted by atomic mass is 9.84. The minimum absolute atomic E-state index is 0.301. The van der Waals surface area contributed by atoms with Gasteiger partial charge in [-0.05, 0) is 11.9 Å². The first-order chi connectivity index (χ1) is 7.21. The van der Waals surface area contributed by atoms with Crippen LogP contribution in [0.1, 0.15) is 6.92 Å². The smallest absolute Gasteiger partial charge is 0.394 e. The summed E-state index contributed by atoms with van der Waals surface area (Å²) in [6.07, 6.45) is -6.32. The summed E-state index contributed by atoms with van der Waals surface area (Å²) < 4.78 is 36.7. The van der Waals surface area contributed by atoms with Gasteiger partial charge < -0.3 is 15.1 Å². The standard InChI is InChI=1S/C8H11BF3NO3/c1-3-5(15)4(2-14)13(6(3)9)7(16)8(10,11)12/h3-6,14-15H,2H2,1H3/t3-,4+,5-,6+/m0/s1. The minimum atomic E-state index is -5.06. The summed E-state index contributed by atoms with van der Waals surface area (Å²) in [5.74, 6) is -4.10. The molecule has 4 nitrogen and oxygen atoms in total. The number of amides is 1. The molecule has 4 atom stereocenters. The number of aliphatic hydroxyl groups excluding tert-OH is 2. The molecular formula is C8H11BF3NO3. The highest BCUT2D eigenvalue weighted by Gasteiger charge is 2.53. The van der Waals surface area contributed by atoms with Gasteiger partial charge in [-0.15, -0.1) is 0 Å². The predicted molar refractivity (Wildman–Crippen MR) is 48.5 cm³/mol. The quantitative estimate of drug-likeness (QED) is 0.589. The molecule has 0 bridgehead atoms. The number of hydrogen-bond donors (Lipinski definition) is 2. The largest absolute Gasteiger partial charge is 0.471 e. The number of nitrogens with zero attached hydrogens (tertiary/aromatic N) is 1. The normalized spacial score (nSPS) is 35.5. The summed E-state index contributed by atoms with van der Waals surface area (Å²) in [5.41, 5.74) is 0. The summed E-state index contributed by atoms with van der Waals surface area (Å²) in [7, 11) is 5.41. The molecule has 2 radical (unpaired) electrons. The van der Waals surface area contributed by atoms with E-state index in [2.05, 4.69) is 0 Å². The molecule has 8 heteroatoms. The molecule has 1 fully saturated rings. The molecule has 0 aromatic carbocycles. The number of hydrogen-bond acceptors (Lipinski definition) is 3. The maximum Gasteiger partial charge on any atom is 0.471 e. The molecule has 1 amide bonds. The van der Waals surface area contributed by atoms with Gasteiger partial charge in [0.1, 0.15) is 0 Å². The van der Waals surface area contributed by atoms with Crippen LogP contribution in [-0.2, 0) is 4.79 Å². The lowest BCUT2D eigenvalue weighted by Gasteiger charge is -2.29. The van der Waals surface area contributed by atoms with Crippen molar-refractivity contribution in [1.82, 2.24) is 4.90 Å². The number of carbonyl (C=O) groups excluding carboxylic acids is 1. The molecular weight excluding hydrogens is 226 g/mol. The highest BCUT2D eigenvalue weighted by Crippen LogP contribution is 2.32. The zero-order chi connectivity index (χ0) is 12.7. The molecule has 1 heterocycles. The molecule has 0 saturated carbocycles. The Labute approximate surface area is 91.4 Å². The molecule has 0 spiro atoms. The molecule has 1 rings (SSSR count). The van der Waals surface area contributed by atoms with E-state index in [1.807, 2.05) is 0 Å². The Hall–Kier alpha value is -0.755. The molecule has 90 valence electrons. The maximum absolute atomic E-state index is 12.2. The number of alkyl halides is 3. The van der Waals surface area contributed by atoms with Crippen LogP contribution in [0.4, 0.5) is 13.2 Å². The summed E-state index contributed by atoms with van der Waals surface area (Å²) >= 11 is 0. The van der Waals surface area contributed by atoms with E-state index in [1.54, 1.807) is 0 Å². The van der Waals surface area contributed by atoms with Gasteiger partial charge in [0, 0.05) is 0 Å². The van der Waals surface area contributed by atoms with E-state index in [0.717, 1.165) is 0 Å². The van der Waals surface area contributed by atoms with Crippen LogP contribution in [0.3, 0.4) is 0 Å². The van der Waals surface area contributed by atoms with Gasteiger partial charge in [-0.2, -0.15) is 13.2 Å². The summed E-state index contributed by atoms with van der Waals surface area (Å²) in [6, 6.07) is -1.31. The van der Waals surface area contributed by atoms with Gasteiger partial charge in [0.25, 0.3) is 0 Å². The van der Waals surface area contributed by atoms with Crippen LogP contribution in [0.15, 0.2) is 0 Å². The zero-order valence-electron chi connectivity index (χ0n) is 8.48. The Balaban J connectivity index is 2.98. The first kappa shape index (κ1) is 13.3. The summed E-state index contributed by atoms with van der Waals surface area (Å²) in [5, 5.41) is 18.4. The fourth-order valence-corrected chi connectivity index (χ4v) is 1.82. The molecule has 1 aliphatic heterocycles. The first-order valence-corrected chi connectivity index (χ1v) is 4.65. The van der Waals surface area contributed by atoms with Crippen molar-refractivity contribution < 1.29 is 28.2 Å². The van der Waals surface area contributed by atoms with Gasteiger partial charge in [-0.25, -0.2) is 0 Å². The van der Waals surface area contributed by atoms with E-state index in [0.29, 0.717) is 4.90 Å². The number of rotatable bonds is 1. The van der Waals surface area contributed by atoms with Gasteiger partial charge in [0.05, 0.1) is 26.6 Å². The van der Waals surface area contributed by atoms with Crippen molar-refractivity contribution in [2.75, 3.05) is 6.61 Å². The average Bonchev–Trinajstić information content (AvgIpc) is 2.39. The van der Waals surface area contributed by atoms with E-state index in [-0.39, 0.29) is 0 Å². The zero-order valence-corrected chi connectivity index (χ0v) is 8.48. The van der Waals surface area contributed by atoms with Crippen molar-refractivity contribution in [3.05, 3.63) is 0 Å². The molecule has 1 saturated heterocycles. The van der Waals surface area contributed by atoms with Gasteiger partial charge in [0.2, 0.25) is 0 Å². The van der Waals surface area contributed by atoms with Crippen molar-refractivity contribution >= 4 is 13.8 Å². The molecule has 0 aromatic rings. The van der Waals surface area contributed by atoms with Crippen LogP contribution in [0, 0.1) is 5.92 Å². The molecule has 1 aliphatic rings. The second kappa shape index (κ2) is 4.25. The van der Waals surface area contributed by atoms with Gasteiger partial charge in [0.15, 0.2) is 0 Å². The number of carbonyl (C=O) groups is 1. The fraction of sp³-hybridized carbons (Fsp3) is 0.875. The van der Waals surface area contributed by atoms with E-state index < -0.39 is 42.7 Å². The minimum Gasteiger partial charge on any atom is -0.394 e. The van der Waals surface area contributed by atoms with E-state index in [1.165, 1.54) is 6.92 Å². The van der Waals surface area contributed by atoms with Crippen molar-refractivity contribution in [2.45, 2.75) is 31.2 Å². The van der Waals surface area contributed by atoms with Crippen LogP contribution in [0.5, 0.6) is 0 Å². The van der Waals surface area contributed by atoms with Crippen LogP contribution < -0.4 is 0 Å². The van der Waals surface area contributed by atoms with E-state index in [9.17, 15) is 23.1 Å². The van der Waals surface area contributed by atoms with Crippen LogP contribution in [0.25, 0.3) is 0 Å². The third-order valence-electron chi connectivity index (χ3n) is 2.81. The highest BCUT2D eigenvalue weighted by atomic mass is 19.4. The molecule has 0 aromatic heterocycles. The summed E-state index contributed by atoms with van der Waals surface area (Å²) in [6.45, 7) is 0.655. The predicted octanol–water partition coefficient (Wildman–Crippen LogP) is -0.757. The lowest BCUT2D eigenvalue weighted by molar-refractivity contribution is -0.188. The third kappa shape index (κ3) is 2.03. The van der Waals surface area contributed by atoms with Gasteiger partial charge >= 0.3 is 12.1 Å². The second-order valence-electron chi connectivity index (χ2n) is 3.80. The van der Waals surface area contributed by atoms with Crippen LogP contribution >= 0.6 is 0 Å². The molecule has 0 aliphatic carbocycles. The fourth-order valence-electron chi connectivity index (χ4n) is 1.82. The van der Waals surface area contributed by atoms with Crippen molar-refractivity contribution in [2.24, 2.45) is 5.92 Å². The third-order valence-corrected chi connectivity index (χ3v) is 2.81. The number of likely N-dealkylation sites (tertiary alicyclic amines) is 1. The van der Waals surface area contributed by atoms with Crippen molar-refractivity contribution in [3.63, 3.8) is 0 Å². The Bertz CT molecular complexity index is 286. The monoisotopic (exact) mass is 237 g/mol. The second-order valence-corrected chi connectivity index (χ2v) is 3.80. The van der Waals surface area contributed by atoms with Gasteiger partial charge in [-0.1, -0.05) is 6.92 Å². The van der Waals surface area contributed by atoms with Gasteiger partial charge in [-0.3, -0.25) is 4.79 Å². The number of aliphatic hydroxyl groups is 2. The van der Waals surface area contributed by atoms with E-state index in [4.69, 9.17) is 13.0 Å².